The van der Waals surface area contributed by atoms with Gasteiger partial charge in [0.15, 0.2) is 6.61 Å². The Morgan fingerprint density at radius 2 is 1.54 bits per heavy atom. The molecule has 1 N–H and O–H groups in total. The van der Waals surface area contributed by atoms with Gasteiger partial charge in [0, 0.05) is 32.7 Å². The van der Waals surface area contributed by atoms with Crippen LogP contribution < -0.4 is 9.46 Å². The van der Waals surface area contributed by atoms with Gasteiger partial charge in [0.1, 0.15) is 5.75 Å². The molecule has 0 bridgehead atoms. The predicted octanol–water partition coefficient (Wildman–Crippen LogP) is 4.34. The van der Waals surface area contributed by atoms with Crippen molar-refractivity contribution in [1.29, 1.82) is 0 Å². The summed E-state index contributed by atoms with van der Waals surface area (Å²) in [7, 11) is -3.63. The number of benzene rings is 3. The molecular weight excluding hydrogens is 510 g/mol. The number of carbonyl (C=O) groups excluding carboxylic acids is 1. The van der Waals surface area contributed by atoms with Crippen molar-refractivity contribution in [2.45, 2.75) is 24.3 Å². The van der Waals surface area contributed by atoms with Gasteiger partial charge in [0.25, 0.3) is 5.91 Å². The lowest BCUT2D eigenvalue weighted by molar-refractivity contribution is -0.135. The summed E-state index contributed by atoms with van der Waals surface area (Å²) in [6.07, 6.45) is 0.684. The maximum absolute atomic E-state index is 12.9. The molecule has 9 heteroatoms. The van der Waals surface area contributed by atoms with E-state index in [1.807, 2.05) is 19.1 Å². The molecule has 7 nitrogen and oxygen atoms in total. The molecule has 0 unspecified atom stereocenters. The van der Waals surface area contributed by atoms with Crippen molar-refractivity contribution in [3.05, 3.63) is 95.0 Å². The average molecular weight is 542 g/mol. The summed E-state index contributed by atoms with van der Waals surface area (Å²) in [5.74, 6) is 0.143. The van der Waals surface area contributed by atoms with Gasteiger partial charge in [-0.25, -0.2) is 13.1 Å². The van der Waals surface area contributed by atoms with Gasteiger partial charge in [0.05, 0.1) is 16.0 Å². The zero-order valence-corrected chi connectivity index (χ0v) is 22.4. The number of hydrogen-bond donors (Lipinski definition) is 1. The van der Waals surface area contributed by atoms with E-state index in [4.69, 9.17) is 16.3 Å². The van der Waals surface area contributed by atoms with Crippen LogP contribution in [0.1, 0.15) is 30.5 Å². The number of piperazine rings is 1. The fourth-order valence-electron chi connectivity index (χ4n) is 4.43. The Bertz CT molecular complexity index is 1240. The Labute approximate surface area is 224 Å². The summed E-state index contributed by atoms with van der Waals surface area (Å²) >= 11 is 6.26. The standard InChI is InChI=1S/C28H32ClN3O4S/c1-2-15-30-37(34,35)24-13-14-26(25(29)20-24)36-21-27(33)31-16-18-32(19-17-31)28(22-9-5-3-6-10-22)23-11-7-4-8-12-23/h3-14,20,28,30H,2,15-19,21H2,1H3. The molecule has 3 aromatic carbocycles. The van der Waals surface area contributed by atoms with Gasteiger partial charge in [-0.3, -0.25) is 9.69 Å². The molecule has 0 spiro atoms. The van der Waals surface area contributed by atoms with Crippen LogP contribution >= 0.6 is 11.6 Å². The van der Waals surface area contributed by atoms with Gasteiger partial charge in [-0.15, -0.1) is 0 Å². The fourth-order valence-corrected chi connectivity index (χ4v) is 5.89. The van der Waals surface area contributed by atoms with E-state index < -0.39 is 10.0 Å². The van der Waals surface area contributed by atoms with E-state index in [0.717, 1.165) is 13.1 Å². The van der Waals surface area contributed by atoms with Gasteiger partial charge in [0.2, 0.25) is 10.0 Å². The van der Waals surface area contributed by atoms with Gasteiger partial charge in [-0.05, 0) is 35.7 Å². The predicted molar refractivity (Wildman–Crippen MR) is 145 cm³/mol. The largest absolute Gasteiger partial charge is 0.482 e. The van der Waals surface area contributed by atoms with Crippen molar-refractivity contribution in [3.8, 4) is 5.75 Å². The molecule has 1 heterocycles. The minimum atomic E-state index is -3.63. The third-order valence-electron chi connectivity index (χ3n) is 6.37. The minimum Gasteiger partial charge on any atom is -0.482 e. The lowest BCUT2D eigenvalue weighted by Gasteiger charge is -2.39. The van der Waals surface area contributed by atoms with E-state index in [-0.39, 0.29) is 34.2 Å². The number of nitrogens with zero attached hydrogens (tertiary/aromatic N) is 2. The number of ether oxygens (including phenoxy) is 1. The highest BCUT2D eigenvalue weighted by Gasteiger charge is 2.28. The Kier molecular flexibility index (Phi) is 9.21. The Morgan fingerprint density at radius 1 is 0.946 bits per heavy atom. The van der Waals surface area contributed by atoms with Crippen LogP contribution in [0.3, 0.4) is 0 Å². The Balaban J connectivity index is 1.35. The molecule has 196 valence electrons. The van der Waals surface area contributed by atoms with E-state index in [2.05, 4.69) is 58.2 Å². The van der Waals surface area contributed by atoms with Crippen LogP contribution in [0.25, 0.3) is 0 Å². The molecule has 0 atom stereocenters. The van der Waals surface area contributed by atoms with Gasteiger partial charge in [-0.1, -0.05) is 79.2 Å². The van der Waals surface area contributed by atoms with Gasteiger partial charge in [-0.2, -0.15) is 0 Å². The lowest BCUT2D eigenvalue weighted by atomic mass is 9.96. The fraction of sp³-hybridized carbons (Fsp3) is 0.321. The number of hydrogen-bond acceptors (Lipinski definition) is 5. The number of carbonyl (C=O) groups is 1. The zero-order valence-electron chi connectivity index (χ0n) is 20.8. The highest BCUT2D eigenvalue weighted by molar-refractivity contribution is 7.89. The summed E-state index contributed by atoms with van der Waals surface area (Å²) in [4.78, 5) is 17.1. The number of sulfonamides is 1. The maximum atomic E-state index is 12.9. The van der Waals surface area contributed by atoms with Crippen LogP contribution in [0.5, 0.6) is 5.75 Å². The topological polar surface area (TPSA) is 78.9 Å². The van der Waals surface area contributed by atoms with Crippen LogP contribution in [0.15, 0.2) is 83.8 Å². The molecule has 4 rings (SSSR count). The van der Waals surface area contributed by atoms with Gasteiger partial charge >= 0.3 is 0 Å². The van der Waals surface area contributed by atoms with E-state index in [0.29, 0.717) is 26.1 Å². The maximum Gasteiger partial charge on any atom is 0.260 e. The summed E-state index contributed by atoms with van der Waals surface area (Å²) in [6.45, 7) is 4.71. The number of nitrogens with one attached hydrogen (secondary N) is 1. The highest BCUT2D eigenvalue weighted by Crippen LogP contribution is 2.30. The highest BCUT2D eigenvalue weighted by atomic mass is 35.5. The summed E-state index contributed by atoms with van der Waals surface area (Å²) < 4.78 is 32.8. The van der Waals surface area contributed by atoms with E-state index in [1.165, 1.54) is 29.3 Å². The van der Waals surface area contributed by atoms with Crippen LogP contribution in [-0.2, 0) is 14.8 Å². The molecule has 1 saturated heterocycles. The van der Waals surface area contributed by atoms with Crippen LogP contribution in [-0.4, -0.2) is 63.5 Å². The van der Waals surface area contributed by atoms with Gasteiger partial charge < -0.3 is 9.64 Å². The Morgan fingerprint density at radius 3 is 2.08 bits per heavy atom. The average Bonchev–Trinajstić information content (AvgIpc) is 2.93. The van der Waals surface area contributed by atoms with Crippen molar-refractivity contribution >= 4 is 27.5 Å². The smallest absolute Gasteiger partial charge is 0.260 e. The molecule has 1 aliphatic heterocycles. The first-order valence-electron chi connectivity index (χ1n) is 12.4. The van der Waals surface area contributed by atoms with Crippen LogP contribution in [0, 0.1) is 0 Å². The van der Waals surface area contributed by atoms with Crippen LogP contribution in [0.2, 0.25) is 5.02 Å². The van der Waals surface area contributed by atoms with Crippen molar-refractivity contribution in [2.24, 2.45) is 0 Å². The number of halogens is 1. The number of rotatable bonds is 10. The SMILES string of the molecule is CCCNS(=O)(=O)c1ccc(OCC(=O)N2CCN(C(c3ccccc3)c3ccccc3)CC2)c(Cl)c1. The first-order chi connectivity index (χ1) is 17.9. The third-order valence-corrected chi connectivity index (χ3v) is 8.12. The second-order valence-electron chi connectivity index (χ2n) is 8.92. The van der Waals surface area contributed by atoms with E-state index >= 15 is 0 Å². The summed E-state index contributed by atoms with van der Waals surface area (Å²) in [6, 6.07) is 25.2. The van der Waals surface area contributed by atoms with Crippen LogP contribution in [0.4, 0.5) is 0 Å². The summed E-state index contributed by atoms with van der Waals surface area (Å²) in [5.41, 5.74) is 2.45. The normalized spacial score (nSPS) is 14.6. The molecule has 1 amide bonds. The molecular formula is C28H32ClN3O4S. The molecule has 1 fully saturated rings. The Hall–Kier alpha value is -2.91. The zero-order chi connectivity index (χ0) is 26.3. The van der Waals surface area contributed by atoms with Crippen molar-refractivity contribution < 1.29 is 17.9 Å². The van der Waals surface area contributed by atoms with E-state index in [9.17, 15) is 13.2 Å². The molecule has 0 radical (unpaired) electrons. The molecule has 1 aliphatic rings. The second kappa shape index (κ2) is 12.6. The van der Waals surface area contributed by atoms with E-state index in [1.54, 1.807) is 4.90 Å². The first kappa shape index (κ1) is 27.1. The monoisotopic (exact) mass is 541 g/mol. The first-order valence-corrected chi connectivity index (χ1v) is 14.3. The second-order valence-corrected chi connectivity index (χ2v) is 11.1. The van der Waals surface area contributed by atoms with Crippen molar-refractivity contribution in [1.82, 2.24) is 14.5 Å². The summed E-state index contributed by atoms with van der Waals surface area (Å²) in [5, 5.41) is 0.144. The third kappa shape index (κ3) is 6.90. The van der Waals surface area contributed by atoms with Crippen molar-refractivity contribution in [2.75, 3.05) is 39.3 Å². The molecule has 3 aromatic rings. The molecule has 0 aromatic heterocycles. The molecule has 0 saturated carbocycles. The van der Waals surface area contributed by atoms with Crippen molar-refractivity contribution in [3.63, 3.8) is 0 Å². The quantitative estimate of drug-likeness (QED) is 0.413. The molecule has 0 aliphatic carbocycles. The minimum absolute atomic E-state index is 0.0622. The lowest BCUT2D eigenvalue weighted by Crippen LogP contribution is -2.51. The molecule has 37 heavy (non-hydrogen) atoms. The number of amides is 1.